The first-order valence-electron chi connectivity index (χ1n) is 6.33. The molecule has 0 spiro atoms. The van der Waals surface area contributed by atoms with Crippen molar-refractivity contribution in [3.05, 3.63) is 35.4 Å². The Balaban J connectivity index is 1.87. The highest BCUT2D eigenvalue weighted by Crippen LogP contribution is 2.42. The normalized spacial score (nSPS) is 25.2. The van der Waals surface area contributed by atoms with Crippen molar-refractivity contribution in [3.63, 3.8) is 0 Å². The van der Waals surface area contributed by atoms with Crippen molar-refractivity contribution in [2.75, 3.05) is 7.11 Å². The van der Waals surface area contributed by atoms with Crippen LogP contribution in [-0.2, 0) is 11.3 Å². The molecule has 3 heteroatoms. The maximum atomic E-state index is 8.74. The van der Waals surface area contributed by atoms with E-state index in [4.69, 9.17) is 10.00 Å². The Kier molecular flexibility index (Phi) is 3.70. The van der Waals surface area contributed by atoms with Crippen molar-refractivity contribution >= 4 is 0 Å². The summed E-state index contributed by atoms with van der Waals surface area (Å²) in [6.07, 6.45) is 1.43. The Hall–Kier alpha value is -1.37. The third kappa shape index (κ3) is 2.40. The summed E-state index contributed by atoms with van der Waals surface area (Å²) in [5, 5.41) is 12.3. The smallest absolute Gasteiger partial charge is 0.0991 e. The largest absolute Gasteiger partial charge is 0.381 e. The average Bonchev–Trinajstić information content (AvgIpc) is 2.38. The molecule has 0 amide bonds. The molecule has 0 saturated heterocycles. The summed E-state index contributed by atoms with van der Waals surface area (Å²) in [5.74, 6) is 0. The summed E-state index contributed by atoms with van der Waals surface area (Å²) in [4.78, 5) is 0. The zero-order valence-corrected chi connectivity index (χ0v) is 11.2. The van der Waals surface area contributed by atoms with Gasteiger partial charge in [-0.2, -0.15) is 5.26 Å². The summed E-state index contributed by atoms with van der Waals surface area (Å²) in [7, 11) is 1.78. The zero-order valence-electron chi connectivity index (χ0n) is 11.2. The average molecular weight is 244 g/mol. The zero-order chi connectivity index (χ0) is 13.2. The van der Waals surface area contributed by atoms with E-state index in [1.807, 2.05) is 24.3 Å². The molecule has 0 radical (unpaired) electrons. The van der Waals surface area contributed by atoms with Gasteiger partial charge in [-0.1, -0.05) is 26.0 Å². The van der Waals surface area contributed by atoms with Crippen molar-refractivity contribution in [2.24, 2.45) is 5.41 Å². The topological polar surface area (TPSA) is 45.0 Å². The van der Waals surface area contributed by atoms with Crippen LogP contribution >= 0.6 is 0 Å². The molecule has 96 valence electrons. The van der Waals surface area contributed by atoms with Gasteiger partial charge in [0.1, 0.15) is 0 Å². The van der Waals surface area contributed by atoms with Crippen molar-refractivity contribution < 1.29 is 4.74 Å². The lowest BCUT2D eigenvalue weighted by Gasteiger charge is -2.51. The van der Waals surface area contributed by atoms with Crippen LogP contribution in [0.4, 0.5) is 0 Å². The molecule has 3 nitrogen and oxygen atoms in total. The Morgan fingerprint density at radius 2 is 2.06 bits per heavy atom. The first-order chi connectivity index (χ1) is 8.57. The Morgan fingerprint density at radius 1 is 1.39 bits per heavy atom. The van der Waals surface area contributed by atoms with Crippen LogP contribution in [0.1, 0.15) is 31.4 Å². The monoisotopic (exact) mass is 244 g/mol. The lowest BCUT2D eigenvalue weighted by Crippen LogP contribution is -2.60. The minimum atomic E-state index is 0.196. The number of nitrogens with zero attached hydrogens (tertiary/aromatic N) is 1. The molecule has 1 N–H and O–H groups in total. The van der Waals surface area contributed by atoms with E-state index in [9.17, 15) is 0 Å². The fourth-order valence-electron chi connectivity index (χ4n) is 2.57. The Bertz CT molecular complexity index is 445. The summed E-state index contributed by atoms with van der Waals surface area (Å²) in [6, 6.07) is 10.4. The van der Waals surface area contributed by atoms with Crippen LogP contribution in [0.25, 0.3) is 0 Å². The van der Waals surface area contributed by atoms with Crippen LogP contribution in [-0.4, -0.2) is 19.3 Å². The fourth-order valence-corrected chi connectivity index (χ4v) is 2.57. The highest BCUT2D eigenvalue weighted by Gasteiger charge is 2.48. The van der Waals surface area contributed by atoms with Gasteiger partial charge in [-0.05, 0) is 24.1 Å². The van der Waals surface area contributed by atoms with Gasteiger partial charge < -0.3 is 10.1 Å². The molecule has 18 heavy (non-hydrogen) atoms. The van der Waals surface area contributed by atoms with Crippen LogP contribution in [0.2, 0.25) is 0 Å². The molecule has 1 fully saturated rings. The predicted molar refractivity (Wildman–Crippen MR) is 71.0 cm³/mol. The molecule has 0 bridgehead atoms. The number of hydrogen-bond acceptors (Lipinski definition) is 3. The lowest BCUT2D eigenvalue weighted by molar-refractivity contribution is -0.0979. The molecule has 2 atom stereocenters. The van der Waals surface area contributed by atoms with Gasteiger partial charge in [0.05, 0.1) is 17.7 Å². The second-order valence-electron chi connectivity index (χ2n) is 5.52. The van der Waals surface area contributed by atoms with Crippen LogP contribution in [0.15, 0.2) is 24.3 Å². The predicted octanol–water partition coefficient (Wildman–Crippen LogP) is 2.46. The minimum Gasteiger partial charge on any atom is -0.381 e. The standard InChI is InChI=1S/C15H20N2O/c1-15(2)13(8-14(15)18-3)17-10-12-6-4-11(9-16)5-7-12/h4-7,13-14,17H,8,10H2,1-3H3. The number of rotatable bonds is 4. The Labute approximate surface area is 109 Å². The molecule has 1 aromatic rings. The van der Waals surface area contributed by atoms with Crippen molar-refractivity contribution in [2.45, 2.75) is 39.0 Å². The molecular formula is C15H20N2O. The van der Waals surface area contributed by atoms with Gasteiger partial charge in [-0.3, -0.25) is 0 Å². The number of methoxy groups -OCH3 is 1. The van der Waals surface area contributed by atoms with E-state index >= 15 is 0 Å². The third-order valence-corrected chi connectivity index (χ3v) is 4.10. The first-order valence-corrected chi connectivity index (χ1v) is 6.33. The van der Waals surface area contributed by atoms with Crippen molar-refractivity contribution in [3.8, 4) is 6.07 Å². The second kappa shape index (κ2) is 5.09. The van der Waals surface area contributed by atoms with Gasteiger partial charge in [0.25, 0.3) is 0 Å². The second-order valence-corrected chi connectivity index (χ2v) is 5.52. The van der Waals surface area contributed by atoms with E-state index in [0.717, 1.165) is 13.0 Å². The number of benzene rings is 1. The van der Waals surface area contributed by atoms with Crippen molar-refractivity contribution in [1.82, 2.24) is 5.32 Å². The maximum absolute atomic E-state index is 8.74. The molecule has 1 aliphatic carbocycles. The maximum Gasteiger partial charge on any atom is 0.0991 e. The summed E-state index contributed by atoms with van der Waals surface area (Å²) >= 11 is 0. The quantitative estimate of drug-likeness (QED) is 0.885. The molecule has 1 aromatic carbocycles. The van der Waals surface area contributed by atoms with Gasteiger partial charge in [-0.15, -0.1) is 0 Å². The molecule has 1 aliphatic rings. The fraction of sp³-hybridized carbons (Fsp3) is 0.533. The van der Waals surface area contributed by atoms with Gasteiger partial charge in [0.15, 0.2) is 0 Å². The molecular weight excluding hydrogens is 224 g/mol. The number of hydrogen-bond donors (Lipinski definition) is 1. The number of ether oxygens (including phenoxy) is 1. The molecule has 2 unspecified atom stereocenters. The third-order valence-electron chi connectivity index (χ3n) is 4.10. The van der Waals surface area contributed by atoms with Crippen molar-refractivity contribution in [1.29, 1.82) is 5.26 Å². The number of nitriles is 1. The van der Waals surface area contributed by atoms with Crippen LogP contribution < -0.4 is 5.32 Å². The molecule has 1 saturated carbocycles. The summed E-state index contributed by atoms with van der Waals surface area (Å²) in [6.45, 7) is 5.32. The Morgan fingerprint density at radius 3 is 2.56 bits per heavy atom. The SMILES string of the molecule is COC1CC(NCc2ccc(C#N)cc2)C1(C)C. The van der Waals surface area contributed by atoms with Gasteiger partial charge >= 0.3 is 0 Å². The minimum absolute atomic E-state index is 0.196. The van der Waals surface area contributed by atoms with Gasteiger partial charge in [-0.25, -0.2) is 0 Å². The van der Waals surface area contributed by atoms with Gasteiger partial charge in [0, 0.05) is 25.1 Å². The number of nitrogens with one attached hydrogen (secondary N) is 1. The van der Waals surface area contributed by atoms with E-state index in [1.165, 1.54) is 5.56 Å². The lowest BCUT2D eigenvalue weighted by atomic mass is 9.64. The molecule has 0 aromatic heterocycles. The van der Waals surface area contributed by atoms with E-state index in [-0.39, 0.29) is 5.41 Å². The molecule has 2 rings (SSSR count). The van der Waals surface area contributed by atoms with Gasteiger partial charge in [0.2, 0.25) is 0 Å². The van der Waals surface area contributed by atoms with E-state index in [0.29, 0.717) is 17.7 Å². The summed E-state index contributed by atoms with van der Waals surface area (Å²) in [5.41, 5.74) is 2.12. The highest BCUT2D eigenvalue weighted by molar-refractivity contribution is 5.31. The van der Waals surface area contributed by atoms with E-state index < -0.39 is 0 Å². The van der Waals surface area contributed by atoms with Crippen LogP contribution in [0, 0.1) is 16.7 Å². The first kappa shape index (κ1) is 13.1. The van der Waals surface area contributed by atoms with E-state index in [1.54, 1.807) is 7.11 Å². The molecule has 0 heterocycles. The molecule has 0 aliphatic heterocycles. The van der Waals surface area contributed by atoms with E-state index in [2.05, 4.69) is 25.2 Å². The summed E-state index contributed by atoms with van der Waals surface area (Å²) < 4.78 is 5.44. The van der Waals surface area contributed by atoms with Crippen LogP contribution in [0.3, 0.4) is 0 Å². The highest BCUT2D eigenvalue weighted by atomic mass is 16.5. The van der Waals surface area contributed by atoms with Crippen LogP contribution in [0.5, 0.6) is 0 Å².